The van der Waals surface area contributed by atoms with Crippen molar-refractivity contribution in [1.82, 2.24) is 10.2 Å². The molecule has 1 fully saturated rings. The van der Waals surface area contributed by atoms with Gasteiger partial charge in [0.05, 0.1) is 12.1 Å². The van der Waals surface area contributed by atoms with Crippen LogP contribution >= 0.6 is 35.3 Å². The number of guanidine groups is 1. The highest BCUT2D eigenvalue weighted by Gasteiger charge is 2.30. The Kier molecular flexibility index (Phi) is 8.71. The van der Waals surface area contributed by atoms with E-state index < -0.39 is 5.60 Å². The van der Waals surface area contributed by atoms with Gasteiger partial charge in [-0.1, -0.05) is 18.9 Å². The summed E-state index contributed by atoms with van der Waals surface area (Å²) in [6.07, 6.45) is 5.04. The third-order valence-electron chi connectivity index (χ3n) is 4.03. The van der Waals surface area contributed by atoms with Crippen LogP contribution in [-0.2, 0) is 6.42 Å². The predicted octanol–water partition coefficient (Wildman–Crippen LogP) is 3.11. The summed E-state index contributed by atoms with van der Waals surface area (Å²) in [5.41, 5.74) is -0.574. The lowest BCUT2D eigenvalue weighted by atomic mass is 10.0. The van der Waals surface area contributed by atoms with E-state index in [0.29, 0.717) is 6.54 Å². The van der Waals surface area contributed by atoms with Gasteiger partial charge in [-0.15, -0.1) is 35.3 Å². The van der Waals surface area contributed by atoms with Gasteiger partial charge in [0.15, 0.2) is 5.96 Å². The van der Waals surface area contributed by atoms with Crippen LogP contribution in [0.4, 0.5) is 0 Å². The fourth-order valence-electron chi connectivity index (χ4n) is 2.72. The van der Waals surface area contributed by atoms with E-state index >= 15 is 0 Å². The Morgan fingerprint density at radius 3 is 2.77 bits per heavy atom. The molecule has 1 aromatic rings. The Labute approximate surface area is 155 Å². The standard InChI is InChI=1S/C16H27N3OS.HI/c1-3-17-15(18-13-16(20)9-4-5-10-16)19(2)11-8-14-7-6-12-21-14;/h6-7,12,20H,3-5,8-11,13H2,1-2H3,(H,17,18);1H. The van der Waals surface area contributed by atoms with Crippen LogP contribution in [-0.4, -0.2) is 48.2 Å². The summed E-state index contributed by atoms with van der Waals surface area (Å²) in [5, 5.41) is 15.9. The van der Waals surface area contributed by atoms with Gasteiger partial charge in [-0.05, 0) is 37.6 Å². The van der Waals surface area contributed by atoms with Crippen molar-refractivity contribution in [3.8, 4) is 0 Å². The monoisotopic (exact) mass is 437 g/mol. The number of thiophene rings is 1. The lowest BCUT2D eigenvalue weighted by molar-refractivity contribution is 0.0572. The minimum Gasteiger partial charge on any atom is -0.388 e. The summed E-state index contributed by atoms with van der Waals surface area (Å²) >= 11 is 1.80. The van der Waals surface area contributed by atoms with E-state index in [4.69, 9.17) is 0 Å². The van der Waals surface area contributed by atoms with Crippen molar-refractivity contribution in [3.05, 3.63) is 22.4 Å². The number of aliphatic hydroxyl groups is 1. The smallest absolute Gasteiger partial charge is 0.193 e. The highest BCUT2D eigenvalue weighted by Crippen LogP contribution is 2.29. The normalized spacial score (nSPS) is 17.1. The topological polar surface area (TPSA) is 47.9 Å². The maximum Gasteiger partial charge on any atom is 0.193 e. The fraction of sp³-hybridized carbons (Fsp3) is 0.688. The third-order valence-corrected chi connectivity index (χ3v) is 4.96. The molecule has 4 nitrogen and oxygen atoms in total. The van der Waals surface area contributed by atoms with E-state index in [0.717, 1.165) is 51.2 Å². The van der Waals surface area contributed by atoms with Crippen molar-refractivity contribution in [2.75, 3.05) is 26.7 Å². The molecule has 0 atom stereocenters. The first-order valence-electron chi connectivity index (χ1n) is 7.87. The Morgan fingerprint density at radius 2 is 2.18 bits per heavy atom. The van der Waals surface area contributed by atoms with Crippen LogP contribution in [0, 0.1) is 0 Å². The number of halogens is 1. The molecule has 1 saturated carbocycles. The maximum absolute atomic E-state index is 10.4. The second-order valence-electron chi connectivity index (χ2n) is 5.85. The average Bonchev–Trinajstić information content (AvgIpc) is 3.13. The molecule has 2 N–H and O–H groups in total. The summed E-state index contributed by atoms with van der Waals surface area (Å²) in [6.45, 7) is 4.37. The molecule has 1 aliphatic rings. The van der Waals surface area contributed by atoms with Gasteiger partial charge in [-0.2, -0.15) is 0 Å². The summed E-state index contributed by atoms with van der Waals surface area (Å²) in [6, 6.07) is 4.26. The van der Waals surface area contributed by atoms with Crippen LogP contribution < -0.4 is 5.32 Å². The molecule has 0 radical (unpaired) electrons. The zero-order chi connectivity index (χ0) is 15.1. The summed E-state index contributed by atoms with van der Waals surface area (Å²) < 4.78 is 0. The first-order valence-corrected chi connectivity index (χ1v) is 8.75. The number of nitrogens with zero attached hydrogens (tertiary/aromatic N) is 2. The molecule has 0 aliphatic heterocycles. The molecule has 126 valence electrons. The van der Waals surface area contributed by atoms with Crippen LogP contribution in [0.15, 0.2) is 22.5 Å². The zero-order valence-electron chi connectivity index (χ0n) is 13.5. The second-order valence-corrected chi connectivity index (χ2v) is 6.88. The lowest BCUT2D eigenvalue weighted by Gasteiger charge is -2.24. The van der Waals surface area contributed by atoms with Gasteiger partial charge in [0.1, 0.15) is 0 Å². The van der Waals surface area contributed by atoms with Crippen LogP contribution in [0.25, 0.3) is 0 Å². The van der Waals surface area contributed by atoms with Gasteiger partial charge in [0.25, 0.3) is 0 Å². The van der Waals surface area contributed by atoms with Gasteiger partial charge in [-0.25, -0.2) is 0 Å². The molecular weight excluding hydrogens is 409 g/mol. The molecule has 1 heterocycles. The van der Waals surface area contributed by atoms with Crippen molar-refractivity contribution in [3.63, 3.8) is 0 Å². The molecule has 1 aliphatic carbocycles. The van der Waals surface area contributed by atoms with Crippen molar-refractivity contribution in [2.45, 2.75) is 44.6 Å². The summed E-state index contributed by atoms with van der Waals surface area (Å²) in [5.74, 6) is 0.898. The third kappa shape index (κ3) is 6.04. The van der Waals surface area contributed by atoms with Crippen molar-refractivity contribution in [2.24, 2.45) is 4.99 Å². The highest BCUT2D eigenvalue weighted by molar-refractivity contribution is 14.0. The molecule has 2 rings (SSSR count). The van der Waals surface area contributed by atoms with E-state index in [2.05, 4.69) is 46.7 Å². The quantitative estimate of drug-likeness (QED) is 0.409. The molecule has 0 amide bonds. The molecule has 22 heavy (non-hydrogen) atoms. The van der Waals surface area contributed by atoms with Gasteiger partial charge < -0.3 is 15.3 Å². The van der Waals surface area contributed by atoms with E-state index in [1.54, 1.807) is 11.3 Å². The first-order chi connectivity index (χ1) is 10.1. The number of likely N-dealkylation sites (N-methyl/N-ethyl adjacent to an activating group) is 1. The van der Waals surface area contributed by atoms with Gasteiger partial charge in [0.2, 0.25) is 0 Å². The molecule has 6 heteroatoms. The molecular formula is C16H28IN3OS. The van der Waals surface area contributed by atoms with E-state index in [1.165, 1.54) is 4.88 Å². The molecule has 0 spiro atoms. The van der Waals surface area contributed by atoms with Crippen LogP contribution in [0.1, 0.15) is 37.5 Å². The SMILES string of the molecule is CCNC(=NCC1(O)CCCC1)N(C)CCc1cccs1.I. The van der Waals surface area contributed by atoms with Gasteiger partial charge in [-0.3, -0.25) is 4.99 Å². The maximum atomic E-state index is 10.4. The Morgan fingerprint density at radius 1 is 1.45 bits per heavy atom. The highest BCUT2D eigenvalue weighted by atomic mass is 127. The van der Waals surface area contributed by atoms with E-state index in [9.17, 15) is 5.11 Å². The number of hydrogen-bond acceptors (Lipinski definition) is 3. The van der Waals surface area contributed by atoms with Crippen LogP contribution in [0.5, 0.6) is 0 Å². The Balaban J connectivity index is 0.00000242. The predicted molar refractivity (Wildman–Crippen MR) is 105 cm³/mol. The molecule has 1 aromatic heterocycles. The second kappa shape index (κ2) is 9.72. The van der Waals surface area contributed by atoms with E-state index in [-0.39, 0.29) is 24.0 Å². The average molecular weight is 437 g/mol. The fourth-order valence-corrected chi connectivity index (χ4v) is 3.42. The summed E-state index contributed by atoms with van der Waals surface area (Å²) in [4.78, 5) is 8.20. The largest absolute Gasteiger partial charge is 0.388 e. The number of hydrogen-bond donors (Lipinski definition) is 2. The van der Waals surface area contributed by atoms with Crippen LogP contribution in [0.2, 0.25) is 0 Å². The molecule has 0 unspecified atom stereocenters. The minimum atomic E-state index is -0.574. The number of rotatable bonds is 6. The summed E-state index contributed by atoms with van der Waals surface area (Å²) in [7, 11) is 2.06. The molecule has 0 aromatic carbocycles. The van der Waals surface area contributed by atoms with Crippen molar-refractivity contribution >= 4 is 41.3 Å². The first kappa shape index (κ1) is 19.7. The Hall–Kier alpha value is -0.340. The van der Waals surface area contributed by atoms with Crippen molar-refractivity contribution < 1.29 is 5.11 Å². The Bertz CT molecular complexity index is 444. The number of aliphatic imine (C=N–C) groups is 1. The molecule has 0 saturated heterocycles. The minimum absolute atomic E-state index is 0. The lowest BCUT2D eigenvalue weighted by Crippen LogP contribution is -2.41. The zero-order valence-corrected chi connectivity index (χ0v) is 16.7. The van der Waals surface area contributed by atoms with E-state index in [1.807, 2.05) is 0 Å². The molecule has 0 bridgehead atoms. The number of nitrogens with one attached hydrogen (secondary N) is 1. The van der Waals surface area contributed by atoms with Gasteiger partial charge in [0, 0.05) is 25.0 Å². The van der Waals surface area contributed by atoms with Crippen LogP contribution in [0.3, 0.4) is 0 Å². The van der Waals surface area contributed by atoms with Crippen molar-refractivity contribution in [1.29, 1.82) is 0 Å². The van der Waals surface area contributed by atoms with Gasteiger partial charge >= 0.3 is 0 Å².